The molecule has 1 saturated carbocycles. The lowest BCUT2D eigenvalue weighted by molar-refractivity contribution is -0.146. The molecule has 3 rings (SSSR count). The van der Waals surface area contributed by atoms with Gasteiger partial charge in [0.2, 0.25) is 0 Å². The quantitative estimate of drug-likeness (QED) is 0.913. The minimum Gasteiger partial charge on any atom is -0.479 e. The number of aliphatic carboxylic acids is 1. The molecule has 1 aliphatic carbocycles. The molecule has 1 aliphatic rings. The highest BCUT2D eigenvalue weighted by atomic mass is 16.4. The summed E-state index contributed by atoms with van der Waals surface area (Å²) in [5, 5.41) is 21.1. The summed E-state index contributed by atoms with van der Waals surface area (Å²) in [6, 6.07) is 10.0. The second-order valence-electron chi connectivity index (χ2n) is 5.73. The summed E-state index contributed by atoms with van der Waals surface area (Å²) >= 11 is 0. The van der Waals surface area contributed by atoms with Crippen LogP contribution in [0.4, 0.5) is 0 Å². The molecule has 0 radical (unpaired) electrons. The topological polar surface area (TPSA) is 80.9 Å². The van der Waals surface area contributed by atoms with Crippen LogP contribution in [0.5, 0.6) is 0 Å². The van der Waals surface area contributed by atoms with Gasteiger partial charge in [-0.1, -0.05) is 30.3 Å². The first kappa shape index (κ1) is 12.8. The van der Waals surface area contributed by atoms with E-state index in [2.05, 4.69) is 15.5 Å². The molecular formula is C14H16N4O2. The molecule has 6 heteroatoms. The molecule has 0 atom stereocenters. The second kappa shape index (κ2) is 4.13. The number of carboxylic acid groups (broad SMARTS) is 1. The smallest absolute Gasteiger partial charge is 0.331 e. The second-order valence-corrected chi connectivity index (χ2v) is 5.73. The monoisotopic (exact) mass is 272 g/mol. The summed E-state index contributed by atoms with van der Waals surface area (Å²) in [5.41, 5.74) is -0.266. The van der Waals surface area contributed by atoms with Crippen molar-refractivity contribution in [1.29, 1.82) is 0 Å². The van der Waals surface area contributed by atoms with Crippen molar-refractivity contribution < 1.29 is 9.90 Å². The fraction of sp³-hybridized carbons (Fsp3) is 0.429. The number of benzene rings is 1. The van der Waals surface area contributed by atoms with Crippen LogP contribution in [0, 0.1) is 0 Å². The molecule has 1 fully saturated rings. The Bertz CT molecular complexity index is 644. The van der Waals surface area contributed by atoms with Gasteiger partial charge in [-0.05, 0) is 42.7 Å². The zero-order valence-corrected chi connectivity index (χ0v) is 11.4. The molecule has 0 bridgehead atoms. The standard InChI is InChI=1S/C14H16N4O2/c1-13(2,12(19)20)18-11(15-16-17-18)14(8-9-14)10-6-4-3-5-7-10/h3-7H,8-9H2,1-2H3,(H,19,20). The molecule has 20 heavy (non-hydrogen) atoms. The van der Waals surface area contributed by atoms with Crippen LogP contribution in [0.1, 0.15) is 38.1 Å². The van der Waals surface area contributed by atoms with Gasteiger partial charge < -0.3 is 5.11 Å². The van der Waals surface area contributed by atoms with E-state index in [1.807, 2.05) is 30.3 Å². The van der Waals surface area contributed by atoms with Crippen molar-refractivity contribution in [2.24, 2.45) is 0 Å². The molecule has 0 saturated heterocycles. The van der Waals surface area contributed by atoms with Crippen LogP contribution in [-0.2, 0) is 15.7 Å². The van der Waals surface area contributed by atoms with Crippen molar-refractivity contribution in [1.82, 2.24) is 20.2 Å². The Morgan fingerprint density at radius 2 is 1.95 bits per heavy atom. The Kier molecular flexibility index (Phi) is 2.64. The van der Waals surface area contributed by atoms with Crippen LogP contribution >= 0.6 is 0 Å². The van der Waals surface area contributed by atoms with E-state index in [-0.39, 0.29) is 5.41 Å². The Hall–Kier alpha value is -2.24. The third-order valence-corrected chi connectivity index (χ3v) is 4.03. The number of rotatable bonds is 4. The van der Waals surface area contributed by atoms with Gasteiger partial charge in [0.25, 0.3) is 0 Å². The zero-order valence-electron chi connectivity index (χ0n) is 11.4. The maximum atomic E-state index is 11.4. The molecule has 1 heterocycles. The largest absolute Gasteiger partial charge is 0.479 e. The summed E-state index contributed by atoms with van der Waals surface area (Å²) in [5.74, 6) is -0.314. The van der Waals surface area contributed by atoms with E-state index in [4.69, 9.17) is 0 Å². The fourth-order valence-corrected chi connectivity index (χ4v) is 2.48. The van der Waals surface area contributed by atoms with Gasteiger partial charge in [-0.2, -0.15) is 0 Å². The number of hydrogen-bond donors (Lipinski definition) is 1. The van der Waals surface area contributed by atoms with Gasteiger partial charge in [0.15, 0.2) is 11.4 Å². The fourth-order valence-electron chi connectivity index (χ4n) is 2.48. The van der Waals surface area contributed by atoms with Crippen molar-refractivity contribution in [2.75, 3.05) is 0 Å². The highest BCUT2D eigenvalue weighted by Crippen LogP contribution is 2.52. The van der Waals surface area contributed by atoms with Crippen LogP contribution in [0.25, 0.3) is 0 Å². The van der Waals surface area contributed by atoms with Crippen LogP contribution in [-0.4, -0.2) is 31.3 Å². The lowest BCUT2D eigenvalue weighted by Gasteiger charge is -2.24. The van der Waals surface area contributed by atoms with E-state index in [0.717, 1.165) is 18.4 Å². The summed E-state index contributed by atoms with van der Waals surface area (Å²) < 4.78 is 1.44. The number of tetrazole rings is 1. The molecule has 1 N–H and O–H groups in total. The molecular weight excluding hydrogens is 256 g/mol. The molecule has 104 valence electrons. The summed E-state index contributed by atoms with van der Waals surface area (Å²) in [6.45, 7) is 3.21. The Morgan fingerprint density at radius 1 is 1.30 bits per heavy atom. The Balaban J connectivity index is 2.10. The van der Waals surface area contributed by atoms with Gasteiger partial charge >= 0.3 is 5.97 Å². The van der Waals surface area contributed by atoms with E-state index >= 15 is 0 Å². The van der Waals surface area contributed by atoms with Crippen molar-refractivity contribution >= 4 is 5.97 Å². The first-order valence-electron chi connectivity index (χ1n) is 6.57. The molecule has 0 aliphatic heterocycles. The molecule has 2 aromatic rings. The van der Waals surface area contributed by atoms with Gasteiger partial charge in [-0.3, -0.25) is 0 Å². The number of aromatic nitrogens is 4. The summed E-state index contributed by atoms with van der Waals surface area (Å²) in [6.07, 6.45) is 1.88. The van der Waals surface area contributed by atoms with E-state index in [0.29, 0.717) is 5.82 Å². The molecule has 1 aromatic heterocycles. The van der Waals surface area contributed by atoms with Gasteiger partial charge in [0, 0.05) is 0 Å². The maximum Gasteiger partial charge on any atom is 0.331 e. The summed E-state index contributed by atoms with van der Waals surface area (Å²) in [4.78, 5) is 11.4. The van der Waals surface area contributed by atoms with Crippen molar-refractivity contribution in [2.45, 2.75) is 37.6 Å². The molecule has 0 unspecified atom stereocenters. The lowest BCUT2D eigenvalue weighted by Crippen LogP contribution is -2.39. The van der Waals surface area contributed by atoms with E-state index < -0.39 is 11.5 Å². The summed E-state index contributed by atoms with van der Waals surface area (Å²) in [7, 11) is 0. The van der Waals surface area contributed by atoms with Crippen LogP contribution in [0.15, 0.2) is 30.3 Å². The van der Waals surface area contributed by atoms with E-state index in [1.54, 1.807) is 13.8 Å². The van der Waals surface area contributed by atoms with E-state index in [9.17, 15) is 9.90 Å². The maximum absolute atomic E-state index is 11.4. The SMILES string of the molecule is CC(C)(C(=O)O)n1nnnc1C1(c2ccccc2)CC1. The highest BCUT2D eigenvalue weighted by Gasteiger charge is 2.52. The van der Waals surface area contributed by atoms with Gasteiger partial charge in [0.1, 0.15) is 0 Å². The first-order valence-corrected chi connectivity index (χ1v) is 6.57. The molecule has 0 spiro atoms. The average molecular weight is 272 g/mol. The number of hydrogen-bond acceptors (Lipinski definition) is 4. The third-order valence-electron chi connectivity index (χ3n) is 4.03. The van der Waals surface area contributed by atoms with Gasteiger partial charge in [-0.15, -0.1) is 5.10 Å². The van der Waals surface area contributed by atoms with Gasteiger partial charge in [0.05, 0.1) is 5.41 Å². The zero-order chi connectivity index (χ0) is 14.4. The molecule has 1 aromatic carbocycles. The van der Waals surface area contributed by atoms with Crippen molar-refractivity contribution in [3.63, 3.8) is 0 Å². The number of carboxylic acids is 1. The van der Waals surface area contributed by atoms with Crippen molar-refractivity contribution in [3.05, 3.63) is 41.7 Å². The van der Waals surface area contributed by atoms with Crippen LogP contribution in [0.2, 0.25) is 0 Å². The average Bonchev–Trinajstić information content (AvgIpc) is 3.09. The van der Waals surface area contributed by atoms with Crippen LogP contribution in [0.3, 0.4) is 0 Å². The number of carbonyl (C=O) groups is 1. The van der Waals surface area contributed by atoms with Gasteiger partial charge in [-0.25, -0.2) is 9.48 Å². The highest BCUT2D eigenvalue weighted by molar-refractivity contribution is 5.75. The number of nitrogens with zero attached hydrogens (tertiary/aromatic N) is 4. The molecule has 6 nitrogen and oxygen atoms in total. The predicted molar refractivity (Wildman–Crippen MR) is 71.2 cm³/mol. The minimum atomic E-state index is -1.16. The van der Waals surface area contributed by atoms with Crippen LogP contribution < -0.4 is 0 Å². The van der Waals surface area contributed by atoms with E-state index in [1.165, 1.54) is 4.68 Å². The Labute approximate surface area is 116 Å². The lowest BCUT2D eigenvalue weighted by atomic mass is 9.94. The third kappa shape index (κ3) is 1.71. The normalized spacial score (nSPS) is 16.9. The Morgan fingerprint density at radius 3 is 2.50 bits per heavy atom. The van der Waals surface area contributed by atoms with Crippen molar-refractivity contribution in [3.8, 4) is 0 Å². The molecule has 0 amide bonds. The minimum absolute atomic E-state index is 0.239. The predicted octanol–water partition coefficient (Wildman–Crippen LogP) is 1.57. The first-order chi connectivity index (χ1) is 9.48.